The molecule has 10 heavy (non-hydrogen) atoms. The maximum atomic E-state index is 11.9. The van der Waals surface area contributed by atoms with Crippen LogP contribution in [0.5, 0.6) is 0 Å². The van der Waals surface area contributed by atoms with Gasteiger partial charge in [0.05, 0.1) is 0 Å². The summed E-state index contributed by atoms with van der Waals surface area (Å²) < 4.78 is 34.5. The first-order valence-corrected chi connectivity index (χ1v) is 4.34. The van der Waals surface area contributed by atoms with Crippen molar-refractivity contribution in [2.75, 3.05) is 0 Å². The van der Waals surface area contributed by atoms with Crippen LogP contribution in [0.25, 0.3) is 0 Å². The van der Waals surface area contributed by atoms with Gasteiger partial charge in [-0.2, -0.15) is 0 Å². The molecular formula is C4H12F3NOSi. The van der Waals surface area contributed by atoms with Crippen molar-refractivity contribution in [2.24, 2.45) is 0 Å². The maximum Gasteiger partial charge on any atom is 0.269 e. The van der Waals surface area contributed by atoms with Gasteiger partial charge in [-0.25, -0.2) is 13.2 Å². The molecule has 0 aromatic heterocycles. The Labute approximate surface area is 60.0 Å². The lowest BCUT2D eigenvalue weighted by Crippen LogP contribution is -2.12. The van der Waals surface area contributed by atoms with Crippen LogP contribution in [-0.4, -0.2) is 27.2 Å². The second-order valence-corrected chi connectivity index (χ2v) is 2.87. The molecular weight excluding hydrogens is 163 g/mol. The molecule has 0 aliphatic rings. The molecule has 0 aliphatic carbocycles. The summed E-state index contributed by atoms with van der Waals surface area (Å²) >= 11 is 0. The summed E-state index contributed by atoms with van der Waals surface area (Å²) in [6, 6.07) is 0.242. The van der Waals surface area contributed by atoms with E-state index in [0.29, 0.717) is 0 Å². The summed E-state index contributed by atoms with van der Waals surface area (Å²) in [4.78, 5) is 8.22. The van der Waals surface area contributed by atoms with Crippen molar-refractivity contribution < 1.29 is 18.0 Å². The molecule has 0 amide bonds. The van der Waals surface area contributed by atoms with E-state index >= 15 is 0 Å². The first-order chi connectivity index (χ1) is 4.18. The summed E-state index contributed by atoms with van der Waals surface area (Å²) in [6.45, 7) is 0. The Balaban J connectivity index is 0. The number of rotatable bonds is 4. The minimum atomic E-state index is -2.88. The van der Waals surface area contributed by atoms with E-state index in [0.717, 1.165) is 0 Å². The van der Waals surface area contributed by atoms with Crippen molar-refractivity contribution in [3.8, 4) is 0 Å². The van der Waals surface area contributed by atoms with Gasteiger partial charge in [-0.05, 0) is 12.5 Å². The van der Waals surface area contributed by atoms with Crippen molar-refractivity contribution in [2.45, 2.75) is 25.1 Å². The molecule has 0 rings (SSSR count). The van der Waals surface area contributed by atoms with E-state index in [-0.39, 0.29) is 18.6 Å². The fourth-order valence-electron chi connectivity index (χ4n) is 0.412. The molecule has 0 aromatic carbocycles. The van der Waals surface area contributed by atoms with Crippen LogP contribution in [0, 0.1) is 0 Å². The smallest absolute Gasteiger partial charge is 0.269 e. The Morgan fingerprint density at radius 1 is 1.30 bits per heavy atom. The van der Waals surface area contributed by atoms with Crippen LogP contribution in [0.3, 0.4) is 0 Å². The molecule has 0 radical (unpaired) electrons. The van der Waals surface area contributed by atoms with E-state index in [1.165, 1.54) is 0 Å². The molecule has 6 heteroatoms. The van der Waals surface area contributed by atoms with Gasteiger partial charge in [0.1, 0.15) is 0 Å². The van der Waals surface area contributed by atoms with Crippen LogP contribution in [0.1, 0.15) is 6.42 Å². The average molecular weight is 175 g/mol. The van der Waals surface area contributed by atoms with Crippen molar-refractivity contribution >= 4 is 9.76 Å². The van der Waals surface area contributed by atoms with E-state index < -0.39 is 22.4 Å². The summed E-state index contributed by atoms with van der Waals surface area (Å²) in [6.07, 6.45) is -5.12. The first kappa shape index (κ1) is 12.6. The molecule has 0 heterocycles. The SMILES string of the molecule is N.O[SiH2]CCC(F)C(F)F. The monoisotopic (exact) mass is 175 g/mol. The van der Waals surface area contributed by atoms with Crippen molar-refractivity contribution in [1.82, 2.24) is 6.15 Å². The van der Waals surface area contributed by atoms with Gasteiger partial charge < -0.3 is 10.9 Å². The predicted molar refractivity (Wildman–Crippen MR) is 36.1 cm³/mol. The zero-order chi connectivity index (χ0) is 7.28. The van der Waals surface area contributed by atoms with Gasteiger partial charge in [0.2, 0.25) is 0 Å². The van der Waals surface area contributed by atoms with Gasteiger partial charge in [-0.3, -0.25) is 0 Å². The summed E-state index contributed by atoms with van der Waals surface area (Å²) in [5.41, 5.74) is 0. The molecule has 1 atom stereocenters. The minimum absolute atomic E-state index is 0. The van der Waals surface area contributed by atoms with Gasteiger partial charge in [0, 0.05) is 0 Å². The van der Waals surface area contributed by atoms with E-state index in [1.807, 2.05) is 0 Å². The zero-order valence-electron chi connectivity index (χ0n) is 5.56. The van der Waals surface area contributed by atoms with Crippen LogP contribution in [0.15, 0.2) is 0 Å². The Hall–Kier alpha value is -0.0731. The van der Waals surface area contributed by atoms with E-state index in [4.69, 9.17) is 4.80 Å². The molecule has 1 unspecified atom stereocenters. The quantitative estimate of drug-likeness (QED) is 0.616. The summed E-state index contributed by atoms with van der Waals surface area (Å²) in [5.74, 6) is 0. The van der Waals surface area contributed by atoms with E-state index in [2.05, 4.69) is 0 Å². The first-order valence-electron chi connectivity index (χ1n) is 2.71. The summed E-state index contributed by atoms with van der Waals surface area (Å²) in [5, 5.41) is 0. The number of hydrogen-bond donors (Lipinski definition) is 2. The van der Waals surface area contributed by atoms with Crippen LogP contribution in [0.2, 0.25) is 6.04 Å². The lowest BCUT2D eigenvalue weighted by molar-refractivity contribution is 0.0479. The number of halogens is 3. The van der Waals surface area contributed by atoms with Gasteiger partial charge in [0.15, 0.2) is 15.9 Å². The standard InChI is InChI=1S/C4H9F3OSi.H3N/c5-3(4(6)7)1-2-9-8;/h3-4,8H,1-2,9H2;1H3. The molecule has 4 N–H and O–H groups in total. The van der Waals surface area contributed by atoms with Crippen LogP contribution in [-0.2, 0) is 0 Å². The molecule has 0 saturated heterocycles. The van der Waals surface area contributed by atoms with Gasteiger partial charge in [0.25, 0.3) is 6.43 Å². The highest BCUT2D eigenvalue weighted by Crippen LogP contribution is 2.10. The second kappa shape index (κ2) is 7.04. The fourth-order valence-corrected chi connectivity index (χ4v) is 0.985. The normalized spacial score (nSPS) is 14.1. The highest BCUT2D eigenvalue weighted by molar-refractivity contribution is 6.25. The largest absolute Gasteiger partial charge is 0.438 e. The van der Waals surface area contributed by atoms with Crippen molar-refractivity contribution in [3.63, 3.8) is 0 Å². The molecule has 0 aromatic rings. The van der Waals surface area contributed by atoms with Gasteiger partial charge in [-0.15, -0.1) is 0 Å². The number of hydrogen-bond acceptors (Lipinski definition) is 2. The van der Waals surface area contributed by atoms with Gasteiger partial charge >= 0.3 is 0 Å². The Morgan fingerprint density at radius 3 is 2.10 bits per heavy atom. The maximum absolute atomic E-state index is 11.9. The second-order valence-electron chi connectivity index (χ2n) is 1.72. The fraction of sp³-hybridized carbons (Fsp3) is 1.00. The Morgan fingerprint density at radius 2 is 1.80 bits per heavy atom. The Bertz CT molecular complexity index is 75.5. The molecule has 0 bridgehead atoms. The van der Waals surface area contributed by atoms with Crippen LogP contribution >= 0.6 is 0 Å². The molecule has 0 aliphatic heterocycles. The van der Waals surface area contributed by atoms with Crippen molar-refractivity contribution in [3.05, 3.63) is 0 Å². The third kappa shape index (κ3) is 6.05. The topological polar surface area (TPSA) is 55.2 Å². The predicted octanol–water partition coefficient (Wildman–Crippen LogP) is 0.636. The third-order valence-electron chi connectivity index (χ3n) is 0.911. The lowest BCUT2D eigenvalue weighted by atomic mass is 10.3. The Kier molecular flexibility index (Phi) is 8.86. The minimum Gasteiger partial charge on any atom is -0.438 e. The molecule has 0 saturated carbocycles. The zero-order valence-corrected chi connectivity index (χ0v) is 6.98. The average Bonchev–Trinajstić information content (AvgIpc) is 1.82. The molecule has 64 valence electrons. The molecule has 0 spiro atoms. The number of alkyl halides is 3. The van der Waals surface area contributed by atoms with E-state index in [1.54, 1.807) is 0 Å². The highest BCUT2D eigenvalue weighted by Gasteiger charge is 2.17. The van der Waals surface area contributed by atoms with Crippen LogP contribution in [0.4, 0.5) is 13.2 Å². The van der Waals surface area contributed by atoms with Gasteiger partial charge in [-0.1, -0.05) is 0 Å². The lowest BCUT2D eigenvalue weighted by Gasteiger charge is -2.03. The molecule has 0 fully saturated rings. The summed E-state index contributed by atoms with van der Waals surface area (Å²) in [7, 11) is -1.23. The highest BCUT2D eigenvalue weighted by atomic mass is 28.2. The van der Waals surface area contributed by atoms with E-state index in [9.17, 15) is 13.2 Å². The third-order valence-corrected chi connectivity index (χ3v) is 1.64. The van der Waals surface area contributed by atoms with Crippen LogP contribution < -0.4 is 6.15 Å². The van der Waals surface area contributed by atoms with Crippen molar-refractivity contribution in [1.29, 1.82) is 0 Å². The molecule has 2 nitrogen and oxygen atoms in total.